The SMILES string of the molecule is COC(=O)[C@H](N)[C@H](O[Si](C)(C)C(C)(C)C)c1ccc([N+](=O)[O-])cc1. The largest absolute Gasteiger partial charge is 0.468 e. The van der Waals surface area contributed by atoms with Crippen molar-refractivity contribution in [2.45, 2.75) is 51.0 Å². The number of nitro benzene ring substituents is 1. The van der Waals surface area contributed by atoms with Crippen molar-refractivity contribution in [3.63, 3.8) is 0 Å². The van der Waals surface area contributed by atoms with Crippen molar-refractivity contribution in [2.24, 2.45) is 5.73 Å². The maximum atomic E-state index is 11.9. The predicted molar refractivity (Wildman–Crippen MR) is 94.1 cm³/mol. The van der Waals surface area contributed by atoms with E-state index in [1.54, 1.807) is 12.1 Å². The second kappa shape index (κ2) is 7.41. The van der Waals surface area contributed by atoms with Gasteiger partial charge in [0.1, 0.15) is 6.04 Å². The minimum absolute atomic E-state index is 0.0311. The number of nitro groups is 1. The van der Waals surface area contributed by atoms with Crippen LogP contribution in [-0.4, -0.2) is 32.4 Å². The Hall–Kier alpha value is -1.77. The average molecular weight is 354 g/mol. The number of rotatable bonds is 6. The van der Waals surface area contributed by atoms with Gasteiger partial charge in [-0.3, -0.25) is 14.9 Å². The zero-order valence-corrected chi connectivity index (χ0v) is 16.0. The van der Waals surface area contributed by atoms with Crippen LogP contribution in [0.1, 0.15) is 32.4 Å². The van der Waals surface area contributed by atoms with Crippen molar-refractivity contribution in [3.05, 3.63) is 39.9 Å². The van der Waals surface area contributed by atoms with Crippen LogP contribution in [0, 0.1) is 10.1 Å². The maximum absolute atomic E-state index is 11.9. The van der Waals surface area contributed by atoms with E-state index >= 15 is 0 Å². The molecule has 8 heteroatoms. The third-order valence-electron chi connectivity index (χ3n) is 4.46. The van der Waals surface area contributed by atoms with E-state index in [0.717, 1.165) is 0 Å². The molecule has 2 N–H and O–H groups in total. The first-order chi connectivity index (χ1) is 10.9. The van der Waals surface area contributed by atoms with Crippen LogP contribution >= 0.6 is 0 Å². The molecule has 0 spiro atoms. The molecule has 1 aromatic carbocycles. The zero-order valence-electron chi connectivity index (χ0n) is 15.0. The predicted octanol–water partition coefficient (Wildman–Crippen LogP) is 3.16. The fraction of sp³-hybridized carbons (Fsp3) is 0.562. The highest BCUT2D eigenvalue weighted by Gasteiger charge is 2.42. The minimum Gasteiger partial charge on any atom is -0.468 e. The molecular weight excluding hydrogens is 328 g/mol. The highest BCUT2D eigenvalue weighted by atomic mass is 28.4. The number of methoxy groups -OCH3 is 1. The van der Waals surface area contributed by atoms with Gasteiger partial charge in [0.15, 0.2) is 8.32 Å². The summed E-state index contributed by atoms with van der Waals surface area (Å²) in [7, 11) is -0.964. The van der Waals surface area contributed by atoms with Crippen molar-refractivity contribution in [1.82, 2.24) is 0 Å². The van der Waals surface area contributed by atoms with Crippen molar-refractivity contribution in [2.75, 3.05) is 7.11 Å². The molecule has 0 aromatic heterocycles. The second-order valence-electron chi connectivity index (χ2n) is 7.20. The molecule has 0 heterocycles. The lowest BCUT2D eigenvalue weighted by atomic mass is 10.0. The molecular formula is C16H26N2O5Si. The van der Waals surface area contributed by atoms with Gasteiger partial charge in [0.25, 0.3) is 5.69 Å². The highest BCUT2D eigenvalue weighted by Crippen LogP contribution is 2.40. The monoisotopic (exact) mass is 354 g/mol. The first-order valence-electron chi connectivity index (χ1n) is 7.66. The Morgan fingerprint density at radius 2 is 1.75 bits per heavy atom. The number of benzene rings is 1. The maximum Gasteiger partial charge on any atom is 0.325 e. The Bertz CT molecular complexity index is 595. The Kier molecular flexibility index (Phi) is 6.26. The van der Waals surface area contributed by atoms with E-state index in [1.807, 2.05) is 0 Å². The lowest BCUT2D eigenvalue weighted by Gasteiger charge is -2.40. The molecule has 1 aromatic rings. The quantitative estimate of drug-likeness (QED) is 0.364. The van der Waals surface area contributed by atoms with Crippen molar-refractivity contribution >= 4 is 20.0 Å². The van der Waals surface area contributed by atoms with E-state index in [9.17, 15) is 14.9 Å². The second-order valence-corrected chi connectivity index (χ2v) is 12.0. The molecule has 134 valence electrons. The molecule has 0 saturated heterocycles. The Morgan fingerprint density at radius 3 is 2.12 bits per heavy atom. The summed E-state index contributed by atoms with van der Waals surface area (Å²) in [4.78, 5) is 22.3. The summed E-state index contributed by atoms with van der Waals surface area (Å²) in [5.74, 6) is -0.586. The molecule has 7 nitrogen and oxygen atoms in total. The summed E-state index contributed by atoms with van der Waals surface area (Å²) in [5.41, 5.74) is 6.62. The van der Waals surface area contributed by atoms with Gasteiger partial charge < -0.3 is 14.9 Å². The smallest absolute Gasteiger partial charge is 0.325 e. The van der Waals surface area contributed by atoms with Crippen LogP contribution in [0.15, 0.2) is 24.3 Å². The molecule has 24 heavy (non-hydrogen) atoms. The molecule has 1 rings (SSSR count). The van der Waals surface area contributed by atoms with Crippen LogP contribution in [0.5, 0.6) is 0 Å². The number of carbonyl (C=O) groups is 1. The van der Waals surface area contributed by atoms with E-state index < -0.39 is 31.4 Å². The Balaban J connectivity index is 3.23. The molecule has 0 bridgehead atoms. The van der Waals surface area contributed by atoms with Gasteiger partial charge in [-0.1, -0.05) is 20.8 Å². The van der Waals surface area contributed by atoms with Crippen molar-refractivity contribution in [1.29, 1.82) is 0 Å². The average Bonchev–Trinajstić information content (AvgIpc) is 2.50. The van der Waals surface area contributed by atoms with Gasteiger partial charge in [0.2, 0.25) is 0 Å². The summed E-state index contributed by atoms with van der Waals surface area (Å²) in [6, 6.07) is 4.88. The molecule has 0 unspecified atom stereocenters. The summed E-state index contributed by atoms with van der Waals surface area (Å²) in [6.45, 7) is 10.3. The van der Waals surface area contributed by atoms with Gasteiger partial charge in [0, 0.05) is 12.1 Å². The molecule has 0 aliphatic carbocycles. The van der Waals surface area contributed by atoms with E-state index in [0.29, 0.717) is 5.56 Å². The standard InChI is InChI=1S/C16H26N2O5Si/c1-16(2,3)24(5,6)23-14(13(17)15(19)22-4)11-7-9-12(10-8-11)18(20)21/h7-10,13-14H,17H2,1-6H3/t13-,14-/m1/s1. The van der Waals surface area contributed by atoms with Gasteiger partial charge in [-0.05, 0) is 35.8 Å². The van der Waals surface area contributed by atoms with E-state index in [1.165, 1.54) is 19.2 Å². The number of hydrogen-bond donors (Lipinski definition) is 1. The zero-order chi connectivity index (χ0) is 18.7. The summed E-state index contributed by atoms with van der Waals surface area (Å²) >= 11 is 0. The van der Waals surface area contributed by atoms with E-state index in [2.05, 4.69) is 33.9 Å². The molecule has 2 atom stereocenters. The van der Waals surface area contributed by atoms with Crippen molar-refractivity contribution in [3.8, 4) is 0 Å². The number of hydrogen-bond acceptors (Lipinski definition) is 6. The summed E-state index contributed by atoms with van der Waals surface area (Å²) in [6.07, 6.45) is -0.723. The van der Waals surface area contributed by atoms with Crippen LogP contribution in [0.25, 0.3) is 0 Å². The van der Waals surface area contributed by atoms with Crippen LogP contribution in [0.3, 0.4) is 0 Å². The van der Waals surface area contributed by atoms with Gasteiger partial charge in [-0.15, -0.1) is 0 Å². The molecule has 0 fully saturated rings. The topological polar surface area (TPSA) is 105 Å². The number of ether oxygens (including phenoxy) is 1. The molecule has 0 radical (unpaired) electrons. The first-order valence-corrected chi connectivity index (χ1v) is 10.6. The Labute approximate surface area is 143 Å². The normalized spacial score (nSPS) is 14.8. The molecule has 0 aliphatic heterocycles. The Morgan fingerprint density at radius 1 is 1.25 bits per heavy atom. The third-order valence-corrected chi connectivity index (χ3v) is 8.92. The number of carbonyl (C=O) groups excluding carboxylic acids is 1. The lowest BCUT2D eigenvalue weighted by molar-refractivity contribution is -0.384. The van der Waals surface area contributed by atoms with Crippen LogP contribution in [0.2, 0.25) is 18.1 Å². The van der Waals surface area contributed by atoms with Crippen LogP contribution in [-0.2, 0) is 14.0 Å². The molecule has 0 aliphatic rings. The van der Waals surface area contributed by atoms with E-state index in [-0.39, 0.29) is 10.7 Å². The fourth-order valence-electron chi connectivity index (χ4n) is 1.89. The van der Waals surface area contributed by atoms with Gasteiger partial charge in [-0.25, -0.2) is 0 Å². The number of esters is 1. The minimum atomic E-state index is -2.23. The van der Waals surface area contributed by atoms with Crippen LogP contribution in [0.4, 0.5) is 5.69 Å². The van der Waals surface area contributed by atoms with Gasteiger partial charge >= 0.3 is 5.97 Å². The number of non-ortho nitro benzene ring substituents is 1. The van der Waals surface area contributed by atoms with Crippen molar-refractivity contribution < 1.29 is 18.9 Å². The number of nitrogens with two attached hydrogens (primary N) is 1. The van der Waals surface area contributed by atoms with Gasteiger partial charge in [-0.2, -0.15) is 0 Å². The molecule has 0 amide bonds. The molecule has 0 saturated carbocycles. The highest BCUT2D eigenvalue weighted by molar-refractivity contribution is 6.74. The van der Waals surface area contributed by atoms with Gasteiger partial charge in [0.05, 0.1) is 18.1 Å². The number of nitrogens with zero attached hydrogens (tertiary/aromatic N) is 1. The first kappa shape index (κ1) is 20.3. The summed E-state index contributed by atoms with van der Waals surface area (Å²) < 4.78 is 11.1. The third kappa shape index (κ3) is 4.62. The lowest BCUT2D eigenvalue weighted by Crippen LogP contribution is -2.48. The summed E-state index contributed by atoms with van der Waals surface area (Å²) in [5, 5.41) is 10.7. The van der Waals surface area contributed by atoms with E-state index in [4.69, 9.17) is 14.9 Å². The van der Waals surface area contributed by atoms with Crippen LogP contribution < -0.4 is 5.73 Å². The fourth-order valence-corrected chi connectivity index (χ4v) is 3.16.